The Bertz CT molecular complexity index is 1310. The van der Waals surface area contributed by atoms with Crippen molar-refractivity contribution in [3.63, 3.8) is 0 Å². The quantitative estimate of drug-likeness (QED) is 0.494. The second kappa shape index (κ2) is 8.46. The molecular formula is C21H20FN7O3. The van der Waals surface area contributed by atoms with E-state index in [4.69, 9.17) is 4.74 Å². The highest BCUT2D eigenvalue weighted by atomic mass is 19.1. The minimum atomic E-state index is -0.608. The standard InChI is InChI=1S/C21H20FN7O3/c1-12(2)32-21(31)26-14-9-24-20-27-17(11-29(20)10-14)15-8-13(4-5-16(15)22)25-19(30)18-23-6-7-28(18)3/h4-12H,1-3H3,(H,25,30)(H,26,31). The van der Waals surface area contributed by atoms with Crippen LogP contribution in [0.25, 0.3) is 17.0 Å². The fourth-order valence-corrected chi connectivity index (χ4v) is 3.01. The predicted molar refractivity (Wildman–Crippen MR) is 115 cm³/mol. The lowest BCUT2D eigenvalue weighted by molar-refractivity contribution is 0.101. The average Bonchev–Trinajstić information content (AvgIpc) is 3.34. The number of carbonyl (C=O) groups is 2. The van der Waals surface area contributed by atoms with Crippen molar-refractivity contribution in [2.45, 2.75) is 20.0 Å². The van der Waals surface area contributed by atoms with Crippen molar-refractivity contribution in [1.82, 2.24) is 23.9 Å². The molecule has 0 aliphatic carbocycles. The summed E-state index contributed by atoms with van der Waals surface area (Å²) in [6.07, 6.45) is 6.88. The largest absolute Gasteiger partial charge is 0.447 e. The Kier molecular flexibility index (Phi) is 5.54. The fraction of sp³-hybridized carbons (Fsp3) is 0.190. The number of aryl methyl sites for hydroxylation is 1. The molecule has 0 atom stereocenters. The summed E-state index contributed by atoms with van der Waals surface area (Å²) in [5, 5.41) is 5.27. The van der Waals surface area contributed by atoms with Gasteiger partial charge in [-0.3, -0.25) is 14.5 Å². The lowest BCUT2D eigenvalue weighted by Crippen LogP contribution is -2.18. The third kappa shape index (κ3) is 4.41. The number of carbonyl (C=O) groups excluding carboxylic acids is 2. The zero-order valence-corrected chi connectivity index (χ0v) is 17.5. The minimum Gasteiger partial charge on any atom is -0.447 e. The van der Waals surface area contributed by atoms with Gasteiger partial charge in [-0.05, 0) is 32.0 Å². The van der Waals surface area contributed by atoms with Crippen molar-refractivity contribution in [2.75, 3.05) is 10.6 Å². The zero-order valence-electron chi connectivity index (χ0n) is 17.5. The molecular weight excluding hydrogens is 417 g/mol. The number of benzene rings is 1. The van der Waals surface area contributed by atoms with Crippen LogP contribution in [0.4, 0.5) is 20.6 Å². The van der Waals surface area contributed by atoms with Crippen LogP contribution in [-0.2, 0) is 11.8 Å². The molecule has 0 bridgehead atoms. The van der Waals surface area contributed by atoms with E-state index in [9.17, 15) is 14.0 Å². The maximum Gasteiger partial charge on any atom is 0.411 e. The topological polar surface area (TPSA) is 115 Å². The molecule has 0 radical (unpaired) electrons. The van der Waals surface area contributed by atoms with Crippen LogP contribution in [0.1, 0.15) is 24.5 Å². The number of ether oxygens (including phenoxy) is 1. The Hall–Kier alpha value is -4.28. The van der Waals surface area contributed by atoms with E-state index in [1.54, 1.807) is 48.5 Å². The summed E-state index contributed by atoms with van der Waals surface area (Å²) in [4.78, 5) is 36.7. The maximum absolute atomic E-state index is 14.6. The molecule has 1 aromatic carbocycles. The van der Waals surface area contributed by atoms with Gasteiger partial charge in [0.2, 0.25) is 5.78 Å². The molecule has 11 heteroatoms. The Balaban J connectivity index is 1.59. The molecule has 0 aliphatic rings. The highest BCUT2D eigenvalue weighted by Gasteiger charge is 2.15. The summed E-state index contributed by atoms with van der Waals surface area (Å²) in [7, 11) is 1.70. The third-order valence-electron chi connectivity index (χ3n) is 4.42. The minimum absolute atomic E-state index is 0.182. The smallest absolute Gasteiger partial charge is 0.411 e. The van der Waals surface area contributed by atoms with Crippen molar-refractivity contribution in [2.24, 2.45) is 7.05 Å². The Morgan fingerprint density at radius 2 is 1.94 bits per heavy atom. The Morgan fingerprint density at radius 1 is 1.12 bits per heavy atom. The molecule has 3 aromatic heterocycles. The molecule has 164 valence electrons. The van der Waals surface area contributed by atoms with Crippen LogP contribution in [0.5, 0.6) is 0 Å². The molecule has 4 rings (SSSR count). The highest BCUT2D eigenvalue weighted by Crippen LogP contribution is 2.26. The van der Waals surface area contributed by atoms with Crippen molar-refractivity contribution in [1.29, 1.82) is 0 Å². The van der Waals surface area contributed by atoms with E-state index in [2.05, 4.69) is 25.6 Å². The van der Waals surface area contributed by atoms with Gasteiger partial charge >= 0.3 is 6.09 Å². The van der Waals surface area contributed by atoms with Gasteiger partial charge in [-0.2, -0.15) is 0 Å². The number of amides is 2. The summed E-state index contributed by atoms with van der Waals surface area (Å²) in [5.41, 5.74) is 1.27. The lowest BCUT2D eigenvalue weighted by atomic mass is 10.1. The van der Waals surface area contributed by atoms with Crippen molar-refractivity contribution < 1.29 is 18.7 Å². The fourth-order valence-electron chi connectivity index (χ4n) is 3.01. The van der Waals surface area contributed by atoms with Crippen LogP contribution in [0.2, 0.25) is 0 Å². The molecule has 4 aromatic rings. The van der Waals surface area contributed by atoms with Gasteiger partial charge in [0.25, 0.3) is 5.91 Å². The first kappa shape index (κ1) is 21.0. The molecule has 32 heavy (non-hydrogen) atoms. The van der Waals surface area contributed by atoms with Gasteiger partial charge in [0.15, 0.2) is 5.82 Å². The summed E-state index contributed by atoms with van der Waals surface area (Å²) >= 11 is 0. The molecule has 2 N–H and O–H groups in total. The molecule has 0 aliphatic heterocycles. The zero-order chi connectivity index (χ0) is 22.8. The lowest BCUT2D eigenvalue weighted by Gasteiger charge is -2.09. The number of aromatic nitrogens is 5. The third-order valence-corrected chi connectivity index (χ3v) is 4.42. The number of anilines is 2. The van der Waals surface area contributed by atoms with E-state index in [1.165, 1.54) is 30.6 Å². The summed E-state index contributed by atoms with van der Waals surface area (Å²) in [6.45, 7) is 3.48. The van der Waals surface area contributed by atoms with Crippen LogP contribution >= 0.6 is 0 Å². The van der Waals surface area contributed by atoms with E-state index in [0.29, 0.717) is 22.8 Å². The van der Waals surface area contributed by atoms with Gasteiger partial charge in [-0.15, -0.1) is 0 Å². The van der Waals surface area contributed by atoms with E-state index < -0.39 is 17.8 Å². The number of fused-ring (bicyclic) bond motifs is 1. The molecule has 10 nitrogen and oxygen atoms in total. The van der Waals surface area contributed by atoms with Crippen LogP contribution < -0.4 is 10.6 Å². The number of imidazole rings is 2. The van der Waals surface area contributed by atoms with Crippen LogP contribution in [0, 0.1) is 5.82 Å². The van der Waals surface area contributed by atoms with Crippen molar-refractivity contribution in [3.8, 4) is 11.3 Å². The monoisotopic (exact) mass is 437 g/mol. The van der Waals surface area contributed by atoms with Gasteiger partial charge in [-0.1, -0.05) is 0 Å². The van der Waals surface area contributed by atoms with Crippen molar-refractivity contribution >= 4 is 29.2 Å². The predicted octanol–water partition coefficient (Wildman–Crippen LogP) is 3.48. The van der Waals surface area contributed by atoms with Crippen LogP contribution in [0.15, 0.2) is 49.2 Å². The van der Waals surface area contributed by atoms with Gasteiger partial charge in [-0.25, -0.2) is 24.1 Å². The van der Waals surface area contributed by atoms with Gasteiger partial charge < -0.3 is 14.6 Å². The maximum atomic E-state index is 14.6. The van der Waals surface area contributed by atoms with Crippen LogP contribution in [0.3, 0.4) is 0 Å². The Morgan fingerprint density at radius 3 is 2.66 bits per heavy atom. The second-order valence-electron chi connectivity index (χ2n) is 7.27. The summed E-state index contributed by atoms with van der Waals surface area (Å²) in [6, 6.07) is 4.18. The molecule has 3 heterocycles. The van der Waals surface area contributed by atoms with Gasteiger partial charge in [0, 0.05) is 43.1 Å². The molecule has 2 amide bonds. The average molecular weight is 437 g/mol. The molecule has 0 saturated heterocycles. The number of rotatable bonds is 5. The first-order valence-electron chi connectivity index (χ1n) is 9.71. The first-order chi connectivity index (χ1) is 15.3. The van der Waals surface area contributed by atoms with E-state index in [-0.39, 0.29) is 17.5 Å². The summed E-state index contributed by atoms with van der Waals surface area (Å²) in [5.74, 6) is -0.397. The number of nitrogens with one attached hydrogen (secondary N) is 2. The van der Waals surface area contributed by atoms with E-state index >= 15 is 0 Å². The van der Waals surface area contributed by atoms with Crippen LogP contribution in [-0.4, -0.2) is 42.0 Å². The van der Waals surface area contributed by atoms with Gasteiger partial charge in [0.05, 0.1) is 23.7 Å². The SMILES string of the molecule is CC(C)OC(=O)Nc1cnc2nc(-c3cc(NC(=O)c4nccn4C)ccc3F)cn2c1. The number of hydrogen-bond donors (Lipinski definition) is 2. The number of halogens is 1. The highest BCUT2D eigenvalue weighted by molar-refractivity contribution is 6.02. The molecule has 0 unspecified atom stereocenters. The molecule has 0 spiro atoms. The molecule has 0 saturated carbocycles. The van der Waals surface area contributed by atoms with E-state index in [0.717, 1.165) is 0 Å². The van der Waals surface area contributed by atoms with Crippen molar-refractivity contribution in [3.05, 3.63) is 60.8 Å². The van der Waals surface area contributed by atoms with E-state index in [1.807, 2.05) is 0 Å². The van der Waals surface area contributed by atoms with Gasteiger partial charge in [0.1, 0.15) is 5.82 Å². The second-order valence-corrected chi connectivity index (χ2v) is 7.27. The summed E-state index contributed by atoms with van der Waals surface area (Å²) < 4.78 is 22.7. The first-order valence-corrected chi connectivity index (χ1v) is 9.71. The Labute approximate surface area is 182 Å². The number of hydrogen-bond acceptors (Lipinski definition) is 6. The normalized spacial score (nSPS) is 11.0. The molecule has 0 fully saturated rings. The number of nitrogens with zero attached hydrogens (tertiary/aromatic N) is 5.